The Balaban J connectivity index is 2.10. The van der Waals surface area contributed by atoms with Crippen molar-refractivity contribution in [3.8, 4) is 0 Å². The number of carbonyl (C=O) groups is 1. The summed E-state index contributed by atoms with van der Waals surface area (Å²) in [5.41, 5.74) is 0.316. The lowest BCUT2D eigenvalue weighted by Gasteiger charge is -2.16. The summed E-state index contributed by atoms with van der Waals surface area (Å²) >= 11 is 0. The minimum absolute atomic E-state index is 0.0582. The van der Waals surface area contributed by atoms with E-state index in [1.807, 2.05) is 12.1 Å². The number of carboxylic acid groups (broad SMARTS) is 1. The van der Waals surface area contributed by atoms with Gasteiger partial charge in [0.25, 0.3) is 0 Å². The fraction of sp³-hybridized carbons (Fsp3) is 0.500. The highest BCUT2D eigenvalue weighted by molar-refractivity contribution is 5.70. The van der Waals surface area contributed by atoms with E-state index >= 15 is 0 Å². The van der Waals surface area contributed by atoms with Gasteiger partial charge in [-0.2, -0.15) is 0 Å². The Labute approximate surface area is 106 Å². The summed E-state index contributed by atoms with van der Waals surface area (Å²) in [7, 11) is 0. The van der Waals surface area contributed by atoms with Gasteiger partial charge in [-0.1, -0.05) is 24.3 Å². The quantitative estimate of drug-likeness (QED) is 0.868. The van der Waals surface area contributed by atoms with Crippen LogP contribution in [0.4, 0.5) is 4.39 Å². The van der Waals surface area contributed by atoms with Crippen LogP contribution >= 0.6 is 0 Å². The average Bonchev–Trinajstić information content (AvgIpc) is 2.77. The Morgan fingerprint density at radius 2 is 2.00 bits per heavy atom. The highest BCUT2D eigenvalue weighted by atomic mass is 19.1. The van der Waals surface area contributed by atoms with E-state index < -0.39 is 11.6 Å². The number of halogens is 1. The zero-order valence-corrected chi connectivity index (χ0v) is 10.6. The first kappa shape index (κ1) is 13.0. The van der Waals surface area contributed by atoms with Gasteiger partial charge in [-0.05, 0) is 31.4 Å². The molecule has 4 heteroatoms. The number of alkyl halides is 1. The van der Waals surface area contributed by atoms with Crippen molar-refractivity contribution in [2.75, 3.05) is 6.54 Å². The van der Waals surface area contributed by atoms with Crippen LogP contribution in [0.3, 0.4) is 0 Å². The molecule has 1 fully saturated rings. The molecule has 1 aliphatic heterocycles. The number of aliphatic carboxylic acids is 1. The molecule has 1 heterocycles. The van der Waals surface area contributed by atoms with E-state index in [4.69, 9.17) is 5.11 Å². The fourth-order valence-electron chi connectivity index (χ4n) is 2.29. The average molecular weight is 251 g/mol. The third-order valence-corrected chi connectivity index (χ3v) is 3.48. The van der Waals surface area contributed by atoms with Crippen molar-refractivity contribution in [2.45, 2.75) is 32.0 Å². The number of benzene rings is 1. The van der Waals surface area contributed by atoms with E-state index in [-0.39, 0.29) is 12.0 Å². The Hall–Kier alpha value is -1.42. The number of rotatable bonds is 3. The number of hydrogen-bond acceptors (Lipinski definition) is 2. The Kier molecular flexibility index (Phi) is 3.39. The van der Waals surface area contributed by atoms with Gasteiger partial charge in [-0.15, -0.1) is 0 Å². The molecule has 0 spiro atoms. The van der Waals surface area contributed by atoms with Gasteiger partial charge in [0.05, 0.1) is 5.92 Å². The highest BCUT2D eigenvalue weighted by Crippen LogP contribution is 2.30. The molecule has 0 aliphatic carbocycles. The van der Waals surface area contributed by atoms with Crippen molar-refractivity contribution in [3.63, 3.8) is 0 Å². The Morgan fingerprint density at radius 1 is 1.39 bits per heavy atom. The van der Waals surface area contributed by atoms with Gasteiger partial charge in [0.1, 0.15) is 5.67 Å². The summed E-state index contributed by atoms with van der Waals surface area (Å²) in [6.07, 6.45) is 0.591. The molecule has 0 saturated carbocycles. The van der Waals surface area contributed by atoms with Crippen LogP contribution in [0.1, 0.15) is 37.4 Å². The summed E-state index contributed by atoms with van der Waals surface area (Å²) in [6.45, 7) is 3.54. The van der Waals surface area contributed by atoms with Crippen LogP contribution in [0, 0.1) is 5.92 Å². The van der Waals surface area contributed by atoms with Crippen LogP contribution < -0.4 is 5.32 Å². The molecule has 98 valence electrons. The summed E-state index contributed by atoms with van der Waals surface area (Å²) in [5, 5.41) is 12.1. The zero-order valence-electron chi connectivity index (χ0n) is 10.6. The van der Waals surface area contributed by atoms with E-state index in [0.717, 1.165) is 5.56 Å². The van der Waals surface area contributed by atoms with Crippen LogP contribution in [0.5, 0.6) is 0 Å². The summed E-state index contributed by atoms with van der Waals surface area (Å²) < 4.78 is 13.7. The molecule has 0 amide bonds. The first-order valence-corrected chi connectivity index (χ1v) is 6.13. The first-order chi connectivity index (χ1) is 8.38. The molecule has 0 radical (unpaired) electrons. The molecule has 2 unspecified atom stereocenters. The van der Waals surface area contributed by atoms with Crippen molar-refractivity contribution >= 4 is 5.97 Å². The number of nitrogens with one attached hydrogen (secondary N) is 1. The van der Waals surface area contributed by atoms with Gasteiger partial charge >= 0.3 is 5.97 Å². The predicted octanol–water partition coefficient (Wildman–Crippen LogP) is 2.63. The summed E-state index contributed by atoms with van der Waals surface area (Å²) in [5.74, 6) is -1.08. The lowest BCUT2D eigenvalue weighted by Crippen LogP contribution is -2.17. The van der Waals surface area contributed by atoms with Crippen LogP contribution in [-0.4, -0.2) is 17.6 Å². The summed E-state index contributed by atoms with van der Waals surface area (Å²) in [6, 6.07) is 7.34. The standard InChI is InChI=1S/C14H18FNO2/c1-14(2,15)11-5-3-9(4-6-11)12-7-10(8-16-12)13(17)18/h3-6,10,12,16H,7-8H2,1-2H3,(H,17,18). The molecular formula is C14H18FNO2. The number of hydrogen-bond donors (Lipinski definition) is 2. The van der Waals surface area contributed by atoms with Crippen LogP contribution in [0.25, 0.3) is 0 Å². The second-order valence-corrected chi connectivity index (χ2v) is 5.33. The van der Waals surface area contributed by atoms with Crippen molar-refractivity contribution in [2.24, 2.45) is 5.92 Å². The van der Waals surface area contributed by atoms with Crippen LogP contribution in [0.2, 0.25) is 0 Å². The fourth-order valence-corrected chi connectivity index (χ4v) is 2.29. The smallest absolute Gasteiger partial charge is 0.307 e. The van der Waals surface area contributed by atoms with Gasteiger partial charge in [-0.25, -0.2) is 4.39 Å². The molecular weight excluding hydrogens is 233 g/mol. The lowest BCUT2D eigenvalue weighted by molar-refractivity contribution is -0.141. The van der Waals surface area contributed by atoms with E-state index in [1.54, 1.807) is 12.1 Å². The molecule has 1 aliphatic rings. The predicted molar refractivity (Wildman–Crippen MR) is 67.1 cm³/mol. The zero-order chi connectivity index (χ0) is 13.3. The highest BCUT2D eigenvalue weighted by Gasteiger charge is 2.30. The minimum Gasteiger partial charge on any atom is -0.481 e. The monoisotopic (exact) mass is 251 g/mol. The third-order valence-electron chi connectivity index (χ3n) is 3.48. The SMILES string of the molecule is CC(C)(F)c1ccc(C2CC(C(=O)O)CN2)cc1. The van der Waals surface area contributed by atoms with Gasteiger partial charge in [0.2, 0.25) is 0 Å². The lowest BCUT2D eigenvalue weighted by atomic mass is 9.95. The Morgan fingerprint density at radius 3 is 2.44 bits per heavy atom. The largest absolute Gasteiger partial charge is 0.481 e. The molecule has 0 aromatic heterocycles. The van der Waals surface area contributed by atoms with Gasteiger partial charge in [-0.3, -0.25) is 4.79 Å². The van der Waals surface area contributed by atoms with Gasteiger partial charge < -0.3 is 10.4 Å². The molecule has 0 bridgehead atoms. The molecule has 1 aromatic rings. The molecule has 2 atom stereocenters. The van der Waals surface area contributed by atoms with Gasteiger partial charge in [0.15, 0.2) is 0 Å². The molecule has 1 aromatic carbocycles. The maximum Gasteiger partial charge on any atom is 0.307 e. The minimum atomic E-state index is -1.34. The molecule has 2 N–H and O–H groups in total. The molecule has 18 heavy (non-hydrogen) atoms. The first-order valence-electron chi connectivity index (χ1n) is 6.13. The van der Waals surface area contributed by atoms with Crippen molar-refractivity contribution in [1.29, 1.82) is 0 Å². The second kappa shape index (κ2) is 4.69. The van der Waals surface area contributed by atoms with Gasteiger partial charge in [0, 0.05) is 12.6 Å². The molecule has 3 nitrogen and oxygen atoms in total. The summed E-state index contributed by atoms with van der Waals surface area (Å²) in [4.78, 5) is 10.9. The normalized spacial score (nSPS) is 24.2. The maximum absolute atomic E-state index is 13.7. The molecule has 1 saturated heterocycles. The van der Waals surface area contributed by atoms with E-state index in [9.17, 15) is 9.18 Å². The van der Waals surface area contributed by atoms with Crippen molar-refractivity contribution < 1.29 is 14.3 Å². The van der Waals surface area contributed by atoms with Crippen molar-refractivity contribution in [3.05, 3.63) is 35.4 Å². The molecule has 2 rings (SSSR count). The third kappa shape index (κ3) is 2.70. The number of carboxylic acids is 1. The maximum atomic E-state index is 13.7. The van der Waals surface area contributed by atoms with Crippen molar-refractivity contribution in [1.82, 2.24) is 5.32 Å². The van der Waals surface area contributed by atoms with Crippen LogP contribution in [0.15, 0.2) is 24.3 Å². The topological polar surface area (TPSA) is 49.3 Å². The van der Waals surface area contributed by atoms with E-state index in [2.05, 4.69) is 5.32 Å². The Bertz CT molecular complexity index is 436. The van der Waals surface area contributed by atoms with Crippen LogP contribution in [-0.2, 0) is 10.5 Å². The van der Waals surface area contributed by atoms with E-state index in [0.29, 0.717) is 18.5 Å². The second-order valence-electron chi connectivity index (χ2n) is 5.33. The van der Waals surface area contributed by atoms with E-state index in [1.165, 1.54) is 13.8 Å².